The maximum absolute atomic E-state index is 12.5. The van der Waals surface area contributed by atoms with Crippen LogP contribution in [0.3, 0.4) is 0 Å². The summed E-state index contributed by atoms with van der Waals surface area (Å²) < 4.78 is 46.2. The van der Waals surface area contributed by atoms with Gasteiger partial charge >= 0.3 is 0 Å². The van der Waals surface area contributed by atoms with Gasteiger partial charge in [-0.05, 0) is 18.6 Å². The molecule has 1 aliphatic heterocycles. The van der Waals surface area contributed by atoms with Gasteiger partial charge in [0.2, 0.25) is 9.84 Å². The van der Waals surface area contributed by atoms with Crippen LogP contribution in [0, 0.1) is 0 Å². The van der Waals surface area contributed by atoms with E-state index in [4.69, 9.17) is 18.9 Å². The van der Waals surface area contributed by atoms with Crippen LogP contribution < -0.4 is 0 Å². The number of benzene rings is 1. The Kier molecular flexibility index (Phi) is 6.98. The van der Waals surface area contributed by atoms with Crippen molar-refractivity contribution in [3.05, 3.63) is 30.3 Å². The number of methoxy groups -OCH3 is 1. The van der Waals surface area contributed by atoms with Crippen molar-refractivity contribution in [1.29, 1.82) is 0 Å². The van der Waals surface area contributed by atoms with Gasteiger partial charge in [-0.1, -0.05) is 31.5 Å². The van der Waals surface area contributed by atoms with Gasteiger partial charge in [0.05, 0.1) is 24.2 Å². The monoisotopic (exact) mass is 344 g/mol. The molecule has 1 fully saturated rings. The Bertz CT molecular complexity index is 559. The van der Waals surface area contributed by atoms with Gasteiger partial charge in [0.15, 0.2) is 5.44 Å². The molecule has 1 aromatic carbocycles. The SMILES string of the molecule is CCC[C@@H](OCOCCOC)[C@H]1O[C@@H]1S(=O)(=O)c1ccccc1. The summed E-state index contributed by atoms with van der Waals surface area (Å²) in [5.41, 5.74) is -0.833. The predicted molar refractivity (Wildman–Crippen MR) is 84.8 cm³/mol. The van der Waals surface area contributed by atoms with Crippen LogP contribution in [0.2, 0.25) is 0 Å². The van der Waals surface area contributed by atoms with Crippen molar-refractivity contribution in [2.75, 3.05) is 27.1 Å². The summed E-state index contributed by atoms with van der Waals surface area (Å²) in [6, 6.07) is 8.35. The number of epoxide rings is 1. The zero-order valence-corrected chi connectivity index (χ0v) is 14.3. The van der Waals surface area contributed by atoms with E-state index in [-0.39, 0.29) is 17.8 Å². The molecule has 130 valence electrons. The van der Waals surface area contributed by atoms with Gasteiger partial charge in [0.25, 0.3) is 0 Å². The third-order valence-electron chi connectivity index (χ3n) is 3.60. The van der Waals surface area contributed by atoms with Crippen molar-refractivity contribution >= 4 is 9.84 Å². The molecule has 2 rings (SSSR count). The van der Waals surface area contributed by atoms with Crippen molar-refractivity contribution in [3.63, 3.8) is 0 Å². The third-order valence-corrected chi connectivity index (χ3v) is 5.52. The first-order valence-electron chi connectivity index (χ1n) is 7.74. The Hall–Kier alpha value is -0.990. The molecule has 0 amide bonds. The van der Waals surface area contributed by atoms with Crippen molar-refractivity contribution in [3.8, 4) is 0 Å². The molecule has 0 saturated carbocycles. The highest BCUT2D eigenvalue weighted by molar-refractivity contribution is 7.92. The molecule has 0 radical (unpaired) electrons. The Morgan fingerprint density at radius 2 is 1.96 bits per heavy atom. The minimum atomic E-state index is -3.48. The fourth-order valence-electron chi connectivity index (χ4n) is 2.33. The molecule has 0 bridgehead atoms. The van der Waals surface area contributed by atoms with Gasteiger partial charge in [-0.15, -0.1) is 0 Å². The van der Waals surface area contributed by atoms with Gasteiger partial charge in [0.1, 0.15) is 12.9 Å². The maximum atomic E-state index is 12.5. The largest absolute Gasteiger partial charge is 0.382 e. The summed E-state index contributed by atoms with van der Waals surface area (Å²) in [4.78, 5) is 0.277. The number of ether oxygens (including phenoxy) is 4. The normalized spacial score (nSPS) is 22.0. The van der Waals surface area contributed by atoms with Crippen molar-refractivity contribution in [2.24, 2.45) is 0 Å². The quantitative estimate of drug-likeness (QED) is 0.347. The minimum absolute atomic E-state index is 0.103. The van der Waals surface area contributed by atoms with Gasteiger partial charge in [-0.3, -0.25) is 0 Å². The molecule has 7 heteroatoms. The molecule has 1 aliphatic rings. The summed E-state index contributed by atoms with van der Waals surface area (Å²) >= 11 is 0. The van der Waals surface area contributed by atoms with Crippen molar-refractivity contribution < 1.29 is 27.4 Å². The van der Waals surface area contributed by atoms with Gasteiger partial charge in [-0.25, -0.2) is 8.42 Å². The molecular formula is C16H24O6S. The average Bonchev–Trinajstić information content (AvgIpc) is 3.36. The second kappa shape index (κ2) is 8.75. The van der Waals surface area contributed by atoms with E-state index in [1.165, 1.54) is 0 Å². The molecule has 0 unspecified atom stereocenters. The van der Waals surface area contributed by atoms with Crippen LogP contribution in [0.5, 0.6) is 0 Å². The highest BCUT2D eigenvalue weighted by Crippen LogP contribution is 2.37. The number of hydrogen-bond donors (Lipinski definition) is 0. The molecular weight excluding hydrogens is 320 g/mol. The van der Waals surface area contributed by atoms with Crippen molar-refractivity contribution in [1.82, 2.24) is 0 Å². The lowest BCUT2D eigenvalue weighted by Gasteiger charge is -2.15. The molecule has 0 spiro atoms. The predicted octanol–water partition coefficient (Wildman–Crippen LogP) is 1.99. The first-order chi connectivity index (χ1) is 11.1. The zero-order chi connectivity index (χ0) is 16.7. The molecule has 1 heterocycles. The zero-order valence-electron chi connectivity index (χ0n) is 13.5. The van der Waals surface area contributed by atoms with E-state index >= 15 is 0 Å². The molecule has 1 aromatic rings. The van der Waals surface area contributed by atoms with E-state index < -0.39 is 21.4 Å². The molecule has 0 N–H and O–H groups in total. The number of sulfone groups is 1. The standard InChI is InChI=1S/C16H24O6S/c1-3-7-14(21-12-20-11-10-19-2)15-16(22-15)23(17,18)13-8-5-4-6-9-13/h4-6,8-9,14-16H,3,7,10-12H2,1-2H3/t14-,15-,16-/m1/s1. The highest BCUT2D eigenvalue weighted by atomic mass is 32.2. The Balaban J connectivity index is 1.90. The van der Waals surface area contributed by atoms with Gasteiger partial charge in [-0.2, -0.15) is 0 Å². The van der Waals surface area contributed by atoms with Gasteiger partial charge in [0, 0.05) is 7.11 Å². The lowest BCUT2D eigenvalue weighted by Crippen LogP contribution is -2.25. The van der Waals surface area contributed by atoms with Crippen LogP contribution in [-0.2, 0) is 28.8 Å². The Labute approximate surface area is 137 Å². The van der Waals surface area contributed by atoms with Crippen LogP contribution in [0.15, 0.2) is 35.2 Å². The average molecular weight is 344 g/mol. The van der Waals surface area contributed by atoms with E-state index in [2.05, 4.69) is 0 Å². The summed E-state index contributed by atoms with van der Waals surface area (Å²) in [5, 5.41) is 0. The van der Waals surface area contributed by atoms with Crippen molar-refractivity contribution in [2.45, 2.75) is 42.3 Å². The van der Waals surface area contributed by atoms with Crippen LogP contribution in [-0.4, -0.2) is 53.2 Å². The molecule has 0 aromatic heterocycles. The molecule has 1 saturated heterocycles. The summed E-state index contributed by atoms with van der Waals surface area (Å²) in [7, 11) is -1.88. The van der Waals surface area contributed by atoms with E-state index in [1.54, 1.807) is 37.4 Å². The fourth-order valence-corrected chi connectivity index (χ4v) is 3.94. The maximum Gasteiger partial charge on any atom is 0.207 e. The summed E-state index contributed by atoms with van der Waals surface area (Å²) in [6.45, 7) is 3.05. The Morgan fingerprint density at radius 1 is 1.22 bits per heavy atom. The summed E-state index contributed by atoms with van der Waals surface area (Å²) in [6.07, 6.45) is 0.872. The topological polar surface area (TPSA) is 74.4 Å². The van der Waals surface area contributed by atoms with E-state index in [1.807, 2.05) is 6.92 Å². The lowest BCUT2D eigenvalue weighted by atomic mass is 10.1. The number of hydrogen-bond acceptors (Lipinski definition) is 6. The Morgan fingerprint density at radius 3 is 2.61 bits per heavy atom. The molecule has 23 heavy (non-hydrogen) atoms. The summed E-state index contributed by atoms with van der Waals surface area (Å²) in [5.74, 6) is 0. The minimum Gasteiger partial charge on any atom is -0.382 e. The van der Waals surface area contributed by atoms with Gasteiger partial charge < -0.3 is 18.9 Å². The van der Waals surface area contributed by atoms with E-state index in [9.17, 15) is 8.42 Å². The second-order valence-corrected chi connectivity index (χ2v) is 7.37. The number of rotatable bonds is 11. The first-order valence-corrected chi connectivity index (χ1v) is 9.28. The molecule has 6 nitrogen and oxygen atoms in total. The lowest BCUT2D eigenvalue weighted by molar-refractivity contribution is -0.105. The van der Waals surface area contributed by atoms with E-state index in [0.29, 0.717) is 13.2 Å². The highest BCUT2D eigenvalue weighted by Gasteiger charge is 2.54. The second-order valence-electron chi connectivity index (χ2n) is 5.34. The van der Waals surface area contributed by atoms with E-state index in [0.717, 1.165) is 12.8 Å². The fraction of sp³-hybridized carbons (Fsp3) is 0.625. The van der Waals surface area contributed by atoms with Crippen LogP contribution in [0.1, 0.15) is 19.8 Å². The molecule has 3 atom stereocenters. The smallest absolute Gasteiger partial charge is 0.207 e. The van der Waals surface area contributed by atoms with Crippen LogP contribution in [0.4, 0.5) is 0 Å². The van der Waals surface area contributed by atoms with Crippen LogP contribution >= 0.6 is 0 Å². The third kappa shape index (κ3) is 4.99. The van der Waals surface area contributed by atoms with Crippen LogP contribution in [0.25, 0.3) is 0 Å². The molecule has 0 aliphatic carbocycles. The first kappa shape index (κ1) is 18.4.